The number of fused-ring (bicyclic) bond motifs is 1. The molecule has 1 N–H and O–H groups in total. The second-order valence-electron chi connectivity index (χ2n) is 4.45. The summed E-state index contributed by atoms with van der Waals surface area (Å²) < 4.78 is 0. The SMILES string of the molecule is CCCNC1(C#N)CCN2CCCC21. The van der Waals surface area contributed by atoms with Gasteiger partial charge in [-0.3, -0.25) is 10.2 Å². The molecule has 78 valence electrons. The van der Waals surface area contributed by atoms with Crippen molar-refractivity contribution >= 4 is 0 Å². The summed E-state index contributed by atoms with van der Waals surface area (Å²) in [5.74, 6) is 0. The van der Waals surface area contributed by atoms with Gasteiger partial charge in [0.05, 0.1) is 6.07 Å². The van der Waals surface area contributed by atoms with E-state index in [4.69, 9.17) is 0 Å². The Morgan fingerprint density at radius 2 is 2.43 bits per heavy atom. The lowest BCUT2D eigenvalue weighted by molar-refractivity contribution is 0.266. The molecule has 2 aliphatic heterocycles. The van der Waals surface area contributed by atoms with E-state index in [2.05, 4.69) is 23.2 Å². The maximum absolute atomic E-state index is 9.35. The van der Waals surface area contributed by atoms with Crippen LogP contribution in [0.4, 0.5) is 0 Å². The lowest BCUT2D eigenvalue weighted by Gasteiger charge is -2.29. The first-order chi connectivity index (χ1) is 6.82. The van der Waals surface area contributed by atoms with E-state index in [1.807, 2.05) is 0 Å². The third-order valence-corrected chi connectivity index (χ3v) is 3.62. The summed E-state index contributed by atoms with van der Waals surface area (Å²) in [5, 5.41) is 12.8. The zero-order valence-electron chi connectivity index (χ0n) is 8.92. The molecule has 0 saturated carbocycles. The molecule has 2 aliphatic rings. The van der Waals surface area contributed by atoms with Gasteiger partial charge in [-0.2, -0.15) is 5.26 Å². The Bertz CT molecular complexity index is 245. The van der Waals surface area contributed by atoms with Gasteiger partial charge in [-0.05, 0) is 38.8 Å². The molecule has 2 saturated heterocycles. The third-order valence-electron chi connectivity index (χ3n) is 3.62. The second kappa shape index (κ2) is 3.88. The van der Waals surface area contributed by atoms with Crippen LogP contribution >= 0.6 is 0 Å². The smallest absolute Gasteiger partial charge is 0.123 e. The molecule has 0 amide bonds. The maximum atomic E-state index is 9.35. The number of nitriles is 1. The van der Waals surface area contributed by atoms with E-state index in [1.165, 1.54) is 19.4 Å². The molecular weight excluding hydrogens is 174 g/mol. The maximum Gasteiger partial charge on any atom is 0.123 e. The summed E-state index contributed by atoms with van der Waals surface area (Å²) in [5.41, 5.74) is -0.230. The summed E-state index contributed by atoms with van der Waals surface area (Å²) >= 11 is 0. The average molecular weight is 193 g/mol. The third kappa shape index (κ3) is 1.43. The van der Waals surface area contributed by atoms with E-state index in [0.29, 0.717) is 6.04 Å². The zero-order valence-corrected chi connectivity index (χ0v) is 8.92. The van der Waals surface area contributed by atoms with Crippen LogP contribution in [0.15, 0.2) is 0 Å². The molecule has 3 heteroatoms. The van der Waals surface area contributed by atoms with Crippen LogP contribution in [-0.4, -0.2) is 36.1 Å². The minimum atomic E-state index is -0.230. The molecule has 0 aliphatic carbocycles. The van der Waals surface area contributed by atoms with Gasteiger partial charge in [-0.15, -0.1) is 0 Å². The minimum Gasteiger partial charge on any atom is -0.298 e. The highest BCUT2D eigenvalue weighted by Crippen LogP contribution is 2.35. The van der Waals surface area contributed by atoms with E-state index in [0.717, 1.165) is 25.9 Å². The van der Waals surface area contributed by atoms with Crippen molar-refractivity contribution in [2.24, 2.45) is 0 Å². The van der Waals surface area contributed by atoms with Gasteiger partial charge >= 0.3 is 0 Å². The predicted molar refractivity (Wildman–Crippen MR) is 55.8 cm³/mol. The Balaban J connectivity index is 2.08. The van der Waals surface area contributed by atoms with Crippen LogP contribution in [0.3, 0.4) is 0 Å². The van der Waals surface area contributed by atoms with Gasteiger partial charge in [-0.25, -0.2) is 0 Å². The van der Waals surface area contributed by atoms with Crippen molar-refractivity contribution in [2.75, 3.05) is 19.6 Å². The van der Waals surface area contributed by atoms with Gasteiger partial charge in [0.25, 0.3) is 0 Å². The van der Waals surface area contributed by atoms with Gasteiger partial charge in [-0.1, -0.05) is 6.92 Å². The summed E-state index contributed by atoms with van der Waals surface area (Å²) in [4.78, 5) is 2.48. The molecule has 2 unspecified atom stereocenters. The van der Waals surface area contributed by atoms with Crippen molar-refractivity contribution in [3.05, 3.63) is 0 Å². The number of nitrogens with zero attached hydrogens (tertiary/aromatic N) is 2. The molecular formula is C11H19N3. The fourth-order valence-electron chi connectivity index (χ4n) is 2.86. The van der Waals surface area contributed by atoms with Crippen molar-refractivity contribution < 1.29 is 0 Å². The number of rotatable bonds is 3. The van der Waals surface area contributed by atoms with Crippen molar-refractivity contribution in [1.82, 2.24) is 10.2 Å². The van der Waals surface area contributed by atoms with Gasteiger partial charge in [0.15, 0.2) is 0 Å². The molecule has 3 nitrogen and oxygen atoms in total. The number of hydrogen-bond donors (Lipinski definition) is 1. The number of nitrogens with one attached hydrogen (secondary N) is 1. The zero-order chi connectivity index (χ0) is 10.0. The average Bonchev–Trinajstić information content (AvgIpc) is 2.77. The van der Waals surface area contributed by atoms with Crippen LogP contribution in [0.1, 0.15) is 32.6 Å². The Kier molecular flexibility index (Phi) is 2.76. The first kappa shape index (κ1) is 9.95. The lowest BCUT2D eigenvalue weighted by atomic mass is 9.90. The first-order valence-electron chi connectivity index (χ1n) is 5.73. The largest absolute Gasteiger partial charge is 0.298 e. The summed E-state index contributed by atoms with van der Waals surface area (Å²) in [6, 6.07) is 3.02. The minimum absolute atomic E-state index is 0.230. The fourth-order valence-corrected chi connectivity index (χ4v) is 2.86. The molecule has 2 fully saturated rings. The number of hydrogen-bond acceptors (Lipinski definition) is 3. The van der Waals surface area contributed by atoms with E-state index >= 15 is 0 Å². The Morgan fingerprint density at radius 1 is 1.57 bits per heavy atom. The van der Waals surface area contributed by atoms with Crippen LogP contribution in [0.2, 0.25) is 0 Å². The molecule has 0 aromatic rings. The van der Waals surface area contributed by atoms with Gasteiger partial charge in [0, 0.05) is 12.6 Å². The summed E-state index contributed by atoms with van der Waals surface area (Å²) in [6.07, 6.45) is 4.58. The topological polar surface area (TPSA) is 39.1 Å². The van der Waals surface area contributed by atoms with Gasteiger partial charge in [0.1, 0.15) is 5.54 Å². The highest BCUT2D eigenvalue weighted by molar-refractivity contribution is 5.19. The van der Waals surface area contributed by atoms with Crippen LogP contribution in [0, 0.1) is 11.3 Å². The van der Waals surface area contributed by atoms with Gasteiger partial charge in [0.2, 0.25) is 0 Å². The van der Waals surface area contributed by atoms with Crippen LogP contribution in [0.25, 0.3) is 0 Å². The van der Waals surface area contributed by atoms with Crippen molar-refractivity contribution in [2.45, 2.75) is 44.2 Å². The van der Waals surface area contributed by atoms with E-state index in [1.54, 1.807) is 0 Å². The predicted octanol–water partition coefficient (Wildman–Crippen LogP) is 1.12. The fraction of sp³-hybridized carbons (Fsp3) is 0.909. The molecule has 0 aromatic carbocycles. The summed E-state index contributed by atoms with van der Waals surface area (Å²) in [6.45, 7) is 5.42. The van der Waals surface area contributed by atoms with Crippen molar-refractivity contribution in [1.29, 1.82) is 5.26 Å². The second-order valence-corrected chi connectivity index (χ2v) is 4.45. The molecule has 2 heterocycles. The summed E-state index contributed by atoms with van der Waals surface area (Å²) in [7, 11) is 0. The van der Waals surface area contributed by atoms with Crippen molar-refractivity contribution in [3.63, 3.8) is 0 Å². The standard InChI is InChI=1S/C11H19N3/c1-2-6-13-11(9-12)5-8-14-7-3-4-10(11)14/h10,13H,2-8H2,1H3. The molecule has 0 bridgehead atoms. The van der Waals surface area contributed by atoms with Crippen LogP contribution < -0.4 is 5.32 Å². The van der Waals surface area contributed by atoms with E-state index in [-0.39, 0.29) is 5.54 Å². The van der Waals surface area contributed by atoms with Crippen LogP contribution in [-0.2, 0) is 0 Å². The Morgan fingerprint density at radius 3 is 3.14 bits per heavy atom. The van der Waals surface area contributed by atoms with Gasteiger partial charge < -0.3 is 0 Å². The monoisotopic (exact) mass is 193 g/mol. The molecule has 2 rings (SSSR count). The van der Waals surface area contributed by atoms with Crippen molar-refractivity contribution in [3.8, 4) is 6.07 Å². The molecule has 14 heavy (non-hydrogen) atoms. The molecule has 2 atom stereocenters. The lowest BCUT2D eigenvalue weighted by Crippen LogP contribution is -2.52. The van der Waals surface area contributed by atoms with E-state index < -0.39 is 0 Å². The quantitative estimate of drug-likeness (QED) is 0.730. The van der Waals surface area contributed by atoms with Crippen LogP contribution in [0.5, 0.6) is 0 Å². The molecule has 0 aromatic heterocycles. The highest BCUT2D eigenvalue weighted by Gasteiger charge is 2.49. The highest BCUT2D eigenvalue weighted by atomic mass is 15.3. The molecule has 0 radical (unpaired) electrons. The normalized spacial score (nSPS) is 37.0. The first-order valence-corrected chi connectivity index (χ1v) is 5.73. The molecule has 0 spiro atoms. The Labute approximate surface area is 86.1 Å². The van der Waals surface area contributed by atoms with E-state index in [9.17, 15) is 5.26 Å². The Hall–Kier alpha value is -0.590.